The predicted octanol–water partition coefficient (Wildman–Crippen LogP) is 1.95. The SMILES string of the molecule is Nc1ccc(C(=O)NCCCOCC2CC2)cc1F. The summed E-state index contributed by atoms with van der Waals surface area (Å²) in [7, 11) is 0. The predicted molar refractivity (Wildman–Crippen MR) is 71.3 cm³/mol. The molecule has 2 rings (SSSR count). The van der Waals surface area contributed by atoms with Crippen LogP contribution in [0.3, 0.4) is 0 Å². The number of nitrogens with two attached hydrogens (primary N) is 1. The lowest BCUT2D eigenvalue weighted by Gasteiger charge is -2.06. The number of carbonyl (C=O) groups is 1. The van der Waals surface area contributed by atoms with Gasteiger partial charge in [-0.2, -0.15) is 0 Å². The third-order valence-corrected chi connectivity index (χ3v) is 3.06. The molecule has 0 aliphatic heterocycles. The molecule has 1 fully saturated rings. The molecule has 4 nitrogen and oxygen atoms in total. The quantitative estimate of drug-likeness (QED) is 0.585. The Kier molecular flexibility index (Phi) is 4.74. The Bertz CT molecular complexity index is 447. The average Bonchev–Trinajstić information content (AvgIpc) is 3.20. The summed E-state index contributed by atoms with van der Waals surface area (Å²) < 4.78 is 18.6. The average molecular weight is 266 g/mol. The lowest BCUT2D eigenvalue weighted by atomic mass is 10.2. The lowest BCUT2D eigenvalue weighted by Crippen LogP contribution is -2.25. The largest absolute Gasteiger partial charge is 0.396 e. The van der Waals surface area contributed by atoms with Crippen LogP contribution in [-0.2, 0) is 4.74 Å². The first-order valence-corrected chi connectivity index (χ1v) is 6.58. The number of nitrogen functional groups attached to an aromatic ring is 1. The standard InChI is InChI=1S/C14H19FN2O2/c15-12-8-11(4-5-13(12)16)14(18)17-6-1-7-19-9-10-2-3-10/h4-5,8,10H,1-3,6-7,9,16H2,(H,17,18). The van der Waals surface area contributed by atoms with Crippen LogP contribution in [0.25, 0.3) is 0 Å². The summed E-state index contributed by atoms with van der Waals surface area (Å²) in [5.74, 6) is -0.103. The van der Waals surface area contributed by atoms with Gasteiger partial charge in [0.1, 0.15) is 5.82 Å². The molecule has 3 N–H and O–H groups in total. The highest BCUT2D eigenvalue weighted by molar-refractivity contribution is 5.94. The van der Waals surface area contributed by atoms with Crippen LogP contribution in [0.2, 0.25) is 0 Å². The van der Waals surface area contributed by atoms with Gasteiger partial charge in [-0.15, -0.1) is 0 Å². The summed E-state index contributed by atoms with van der Waals surface area (Å²) in [4.78, 5) is 11.7. The van der Waals surface area contributed by atoms with Crippen molar-refractivity contribution in [3.8, 4) is 0 Å². The van der Waals surface area contributed by atoms with Crippen molar-refractivity contribution in [2.45, 2.75) is 19.3 Å². The number of anilines is 1. The molecular formula is C14H19FN2O2. The van der Waals surface area contributed by atoms with Gasteiger partial charge >= 0.3 is 0 Å². The van der Waals surface area contributed by atoms with Crippen LogP contribution in [0.1, 0.15) is 29.6 Å². The van der Waals surface area contributed by atoms with Gasteiger partial charge in [-0.25, -0.2) is 4.39 Å². The number of halogens is 1. The zero-order valence-corrected chi connectivity index (χ0v) is 10.8. The molecule has 1 saturated carbocycles. The molecule has 0 aromatic heterocycles. The molecule has 0 saturated heterocycles. The van der Waals surface area contributed by atoms with Crippen molar-refractivity contribution in [3.05, 3.63) is 29.6 Å². The molecule has 0 atom stereocenters. The van der Waals surface area contributed by atoms with Gasteiger partial charge in [-0.3, -0.25) is 4.79 Å². The fourth-order valence-corrected chi connectivity index (χ4v) is 1.68. The molecule has 19 heavy (non-hydrogen) atoms. The van der Waals surface area contributed by atoms with Gasteiger partial charge in [-0.1, -0.05) is 0 Å². The van der Waals surface area contributed by atoms with E-state index >= 15 is 0 Å². The van der Waals surface area contributed by atoms with Crippen molar-refractivity contribution in [3.63, 3.8) is 0 Å². The second-order valence-corrected chi connectivity index (χ2v) is 4.86. The Balaban J connectivity index is 1.63. The highest BCUT2D eigenvalue weighted by atomic mass is 19.1. The van der Waals surface area contributed by atoms with Gasteiger partial charge in [0.15, 0.2) is 0 Å². The molecular weight excluding hydrogens is 247 g/mol. The van der Waals surface area contributed by atoms with Crippen LogP contribution in [0.15, 0.2) is 18.2 Å². The van der Waals surface area contributed by atoms with E-state index in [1.54, 1.807) is 0 Å². The molecule has 1 aromatic carbocycles. The molecule has 0 spiro atoms. The Morgan fingerprint density at radius 1 is 1.47 bits per heavy atom. The van der Waals surface area contributed by atoms with Crippen LogP contribution >= 0.6 is 0 Å². The summed E-state index contributed by atoms with van der Waals surface area (Å²) in [6, 6.07) is 4.05. The molecule has 1 aromatic rings. The first-order chi connectivity index (χ1) is 9.16. The third kappa shape index (κ3) is 4.52. The molecule has 5 heteroatoms. The van der Waals surface area contributed by atoms with Gasteiger partial charge in [0.2, 0.25) is 0 Å². The number of nitrogens with one attached hydrogen (secondary N) is 1. The Morgan fingerprint density at radius 3 is 2.95 bits per heavy atom. The van der Waals surface area contributed by atoms with Crippen molar-refractivity contribution in [2.24, 2.45) is 5.92 Å². The molecule has 1 amide bonds. The number of hydrogen-bond donors (Lipinski definition) is 2. The lowest BCUT2D eigenvalue weighted by molar-refractivity contribution is 0.0937. The third-order valence-electron chi connectivity index (χ3n) is 3.06. The summed E-state index contributed by atoms with van der Waals surface area (Å²) >= 11 is 0. The van der Waals surface area contributed by atoms with E-state index in [0.29, 0.717) is 13.2 Å². The highest BCUT2D eigenvalue weighted by Gasteiger charge is 2.20. The fourth-order valence-electron chi connectivity index (χ4n) is 1.68. The Hall–Kier alpha value is -1.62. The van der Waals surface area contributed by atoms with Gasteiger partial charge in [0.05, 0.1) is 5.69 Å². The summed E-state index contributed by atoms with van der Waals surface area (Å²) in [5, 5.41) is 2.72. The highest BCUT2D eigenvalue weighted by Crippen LogP contribution is 2.28. The van der Waals surface area contributed by atoms with Crippen molar-refractivity contribution in [1.29, 1.82) is 0 Å². The molecule has 1 aliphatic carbocycles. The van der Waals surface area contributed by atoms with Crippen LogP contribution < -0.4 is 11.1 Å². The maximum absolute atomic E-state index is 13.2. The van der Waals surface area contributed by atoms with Crippen LogP contribution in [0.5, 0.6) is 0 Å². The van der Waals surface area contributed by atoms with Crippen molar-refractivity contribution < 1.29 is 13.9 Å². The van der Waals surface area contributed by atoms with Crippen molar-refractivity contribution in [1.82, 2.24) is 5.32 Å². The van der Waals surface area contributed by atoms with Crippen LogP contribution in [0.4, 0.5) is 10.1 Å². The first kappa shape index (κ1) is 13.8. The minimum Gasteiger partial charge on any atom is -0.396 e. The minimum absolute atomic E-state index is 0.0463. The Morgan fingerprint density at radius 2 is 2.26 bits per heavy atom. The van der Waals surface area contributed by atoms with Gasteiger partial charge in [0.25, 0.3) is 5.91 Å². The zero-order chi connectivity index (χ0) is 13.7. The monoisotopic (exact) mass is 266 g/mol. The van der Waals surface area contributed by atoms with E-state index in [2.05, 4.69) is 5.32 Å². The second-order valence-electron chi connectivity index (χ2n) is 4.86. The van der Waals surface area contributed by atoms with E-state index in [1.807, 2.05) is 0 Å². The van der Waals surface area contributed by atoms with E-state index in [9.17, 15) is 9.18 Å². The van der Waals surface area contributed by atoms with E-state index in [1.165, 1.54) is 25.0 Å². The number of ether oxygens (including phenoxy) is 1. The smallest absolute Gasteiger partial charge is 0.251 e. The second kappa shape index (κ2) is 6.52. The maximum atomic E-state index is 13.2. The molecule has 0 bridgehead atoms. The van der Waals surface area contributed by atoms with Gasteiger partial charge in [-0.05, 0) is 43.4 Å². The topological polar surface area (TPSA) is 64.4 Å². The van der Waals surface area contributed by atoms with E-state index in [-0.39, 0.29) is 17.2 Å². The maximum Gasteiger partial charge on any atom is 0.251 e. The molecule has 0 heterocycles. The fraction of sp³-hybridized carbons (Fsp3) is 0.500. The van der Waals surface area contributed by atoms with Gasteiger partial charge in [0, 0.05) is 25.3 Å². The zero-order valence-electron chi connectivity index (χ0n) is 10.8. The van der Waals surface area contributed by atoms with E-state index < -0.39 is 5.82 Å². The number of hydrogen-bond acceptors (Lipinski definition) is 3. The molecule has 0 unspecified atom stereocenters. The normalized spacial score (nSPS) is 14.4. The van der Waals surface area contributed by atoms with Crippen LogP contribution in [-0.4, -0.2) is 25.7 Å². The molecule has 0 radical (unpaired) electrons. The first-order valence-electron chi connectivity index (χ1n) is 6.58. The minimum atomic E-state index is -0.569. The van der Waals surface area contributed by atoms with Crippen molar-refractivity contribution in [2.75, 3.05) is 25.5 Å². The van der Waals surface area contributed by atoms with Crippen molar-refractivity contribution >= 4 is 11.6 Å². The number of rotatable bonds is 7. The number of amides is 1. The van der Waals surface area contributed by atoms with E-state index in [0.717, 1.165) is 25.0 Å². The molecule has 1 aliphatic rings. The Labute approximate surface area is 112 Å². The van der Waals surface area contributed by atoms with Gasteiger partial charge < -0.3 is 15.8 Å². The number of carbonyl (C=O) groups excluding carboxylic acids is 1. The van der Waals surface area contributed by atoms with Crippen LogP contribution in [0, 0.1) is 11.7 Å². The number of benzene rings is 1. The van der Waals surface area contributed by atoms with E-state index in [4.69, 9.17) is 10.5 Å². The summed E-state index contributed by atoms with van der Waals surface area (Å²) in [6.07, 6.45) is 3.31. The molecule has 104 valence electrons. The summed E-state index contributed by atoms with van der Waals surface area (Å²) in [5.41, 5.74) is 5.68. The summed E-state index contributed by atoms with van der Waals surface area (Å²) in [6.45, 7) is 2.00.